The van der Waals surface area contributed by atoms with Crippen LogP contribution in [-0.2, 0) is 4.79 Å². The van der Waals surface area contributed by atoms with Crippen molar-refractivity contribution in [3.8, 4) is 6.07 Å². The van der Waals surface area contributed by atoms with Gasteiger partial charge in [-0.05, 0) is 19.3 Å². The number of rotatable bonds is 3. The van der Waals surface area contributed by atoms with Crippen molar-refractivity contribution >= 4 is 11.7 Å². The van der Waals surface area contributed by atoms with Gasteiger partial charge >= 0.3 is 0 Å². The molecular formula is C12H15N5O. The minimum atomic E-state index is 0.0456. The van der Waals surface area contributed by atoms with Crippen LogP contribution in [0.25, 0.3) is 0 Å². The maximum Gasteiger partial charge on any atom is 0.241 e. The Bertz CT molecular complexity index is 462. The van der Waals surface area contributed by atoms with E-state index in [9.17, 15) is 4.79 Å². The van der Waals surface area contributed by atoms with E-state index in [1.807, 2.05) is 11.0 Å². The Morgan fingerprint density at radius 1 is 1.33 bits per heavy atom. The zero-order valence-electron chi connectivity index (χ0n) is 10.1. The van der Waals surface area contributed by atoms with Crippen molar-refractivity contribution in [1.82, 2.24) is 14.9 Å². The number of hydrogen-bond donors (Lipinski definition) is 1. The van der Waals surface area contributed by atoms with E-state index < -0.39 is 0 Å². The molecule has 1 aromatic heterocycles. The highest BCUT2D eigenvalue weighted by atomic mass is 16.2. The fourth-order valence-electron chi connectivity index (χ4n) is 1.96. The molecule has 18 heavy (non-hydrogen) atoms. The molecule has 0 saturated carbocycles. The molecule has 1 aliphatic rings. The summed E-state index contributed by atoms with van der Waals surface area (Å²) < 4.78 is 0. The average Bonchev–Trinajstić information content (AvgIpc) is 2.46. The minimum absolute atomic E-state index is 0.0456. The number of aromatic nitrogens is 2. The van der Waals surface area contributed by atoms with Crippen LogP contribution < -0.4 is 5.32 Å². The van der Waals surface area contributed by atoms with Crippen LogP contribution in [0.4, 0.5) is 5.82 Å². The van der Waals surface area contributed by atoms with Crippen molar-refractivity contribution in [3.63, 3.8) is 0 Å². The smallest absolute Gasteiger partial charge is 0.241 e. The Morgan fingerprint density at radius 2 is 2.06 bits per heavy atom. The van der Waals surface area contributed by atoms with Gasteiger partial charge in [0, 0.05) is 25.5 Å². The van der Waals surface area contributed by atoms with E-state index in [-0.39, 0.29) is 18.1 Å². The van der Waals surface area contributed by atoms with Gasteiger partial charge in [-0.25, -0.2) is 9.97 Å². The van der Waals surface area contributed by atoms with Crippen LogP contribution in [0.5, 0.6) is 0 Å². The van der Waals surface area contributed by atoms with Crippen molar-refractivity contribution in [3.05, 3.63) is 18.1 Å². The van der Waals surface area contributed by atoms with Crippen LogP contribution in [0.3, 0.4) is 0 Å². The third-order valence-electron chi connectivity index (χ3n) is 2.92. The van der Waals surface area contributed by atoms with Gasteiger partial charge in [-0.3, -0.25) is 4.79 Å². The molecule has 0 radical (unpaired) electrons. The van der Waals surface area contributed by atoms with Crippen molar-refractivity contribution in [2.24, 2.45) is 0 Å². The molecule has 2 rings (SSSR count). The van der Waals surface area contributed by atoms with Gasteiger partial charge in [0.15, 0.2) is 11.5 Å². The highest BCUT2D eigenvalue weighted by Gasteiger charge is 2.16. The van der Waals surface area contributed by atoms with Gasteiger partial charge in [0.05, 0.1) is 6.54 Å². The fourth-order valence-corrected chi connectivity index (χ4v) is 1.96. The molecule has 0 aromatic carbocycles. The SMILES string of the molecule is N#Cc1nccnc1NCC(=O)N1CCCCC1. The predicted octanol–water partition coefficient (Wildman–Crippen LogP) is 0.773. The van der Waals surface area contributed by atoms with Gasteiger partial charge < -0.3 is 10.2 Å². The number of hydrogen-bond acceptors (Lipinski definition) is 5. The lowest BCUT2D eigenvalue weighted by Crippen LogP contribution is -2.39. The van der Waals surface area contributed by atoms with Crippen LogP contribution in [0.1, 0.15) is 25.0 Å². The lowest BCUT2D eigenvalue weighted by atomic mass is 10.1. The Balaban J connectivity index is 1.91. The molecule has 1 N–H and O–H groups in total. The summed E-state index contributed by atoms with van der Waals surface area (Å²) in [5.41, 5.74) is 0.212. The molecule has 2 heterocycles. The summed E-state index contributed by atoms with van der Waals surface area (Å²) >= 11 is 0. The average molecular weight is 245 g/mol. The Hall–Kier alpha value is -2.16. The normalized spacial score (nSPS) is 14.9. The monoisotopic (exact) mass is 245 g/mol. The Kier molecular flexibility index (Phi) is 4.07. The highest BCUT2D eigenvalue weighted by molar-refractivity contribution is 5.80. The summed E-state index contributed by atoms with van der Waals surface area (Å²) in [4.78, 5) is 21.6. The predicted molar refractivity (Wildman–Crippen MR) is 65.7 cm³/mol. The van der Waals surface area contributed by atoms with Crippen molar-refractivity contribution in [1.29, 1.82) is 5.26 Å². The molecule has 0 unspecified atom stereocenters. The third kappa shape index (κ3) is 2.94. The first-order valence-electron chi connectivity index (χ1n) is 6.04. The first kappa shape index (κ1) is 12.3. The van der Waals surface area contributed by atoms with Crippen LogP contribution in [-0.4, -0.2) is 40.4 Å². The van der Waals surface area contributed by atoms with E-state index in [2.05, 4.69) is 15.3 Å². The van der Waals surface area contributed by atoms with Crippen LogP contribution >= 0.6 is 0 Å². The Morgan fingerprint density at radius 3 is 2.78 bits per heavy atom. The molecule has 0 spiro atoms. The number of nitrogens with zero attached hydrogens (tertiary/aromatic N) is 4. The minimum Gasteiger partial charge on any atom is -0.359 e. The maximum atomic E-state index is 11.9. The molecule has 1 aliphatic heterocycles. The van der Waals surface area contributed by atoms with E-state index in [1.165, 1.54) is 18.8 Å². The van der Waals surface area contributed by atoms with E-state index in [0.29, 0.717) is 5.82 Å². The second-order valence-corrected chi connectivity index (χ2v) is 4.16. The first-order chi connectivity index (χ1) is 8.81. The molecule has 0 bridgehead atoms. The number of amides is 1. The summed E-state index contributed by atoms with van der Waals surface area (Å²) in [5.74, 6) is 0.412. The highest BCUT2D eigenvalue weighted by Crippen LogP contribution is 2.10. The first-order valence-corrected chi connectivity index (χ1v) is 6.04. The fraction of sp³-hybridized carbons (Fsp3) is 0.500. The molecule has 0 aliphatic carbocycles. The number of carbonyl (C=O) groups excluding carboxylic acids is 1. The lowest BCUT2D eigenvalue weighted by Gasteiger charge is -2.26. The summed E-state index contributed by atoms with van der Waals surface area (Å²) in [6, 6.07) is 1.94. The van der Waals surface area contributed by atoms with E-state index in [0.717, 1.165) is 25.9 Å². The number of nitrogens with one attached hydrogen (secondary N) is 1. The van der Waals surface area contributed by atoms with Gasteiger partial charge in [-0.1, -0.05) is 0 Å². The summed E-state index contributed by atoms with van der Waals surface area (Å²) in [5, 5.41) is 11.7. The number of anilines is 1. The zero-order valence-corrected chi connectivity index (χ0v) is 10.1. The third-order valence-corrected chi connectivity index (χ3v) is 2.92. The lowest BCUT2D eigenvalue weighted by molar-refractivity contribution is -0.130. The van der Waals surface area contributed by atoms with Crippen LogP contribution in [0.15, 0.2) is 12.4 Å². The number of likely N-dealkylation sites (tertiary alicyclic amines) is 1. The second kappa shape index (κ2) is 5.96. The molecule has 1 fully saturated rings. The largest absolute Gasteiger partial charge is 0.359 e. The zero-order chi connectivity index (χ0) is 12.8. The van der Waals surface area contributed by atoms with Gasteiger partial charge in [0.1, 0.15) is 6.07 Å². The van der Waals surface area contributed by atoms with Gasteiger partial charge in [0.25, 0.3) is 0 Å². The maximum absolute atomic E-state index is 11.9. The van der Waals surface area contributed by atoms with E-state index in [1.54, 1.807) is 0 Å². The summed E-state index contributed by atoms with van der Waals surface area (Å²) in [6.07, 6.45) is 6.28. The van der Waals surface area contributed by atoms with E-state index in [4.69, 9.17) is 5.26 Å². The molecule has 0 atom stereocenters. The van der Waals surface area contributed by atoms with E-state index >= 15 is 0 Å². The molecule has 1 amide bonds. The summed E-state index contributed by atoms with van der Waals surface area (Å²) in [6.45, 7) is 1.81. The quantitative estimate of drug-likeness (QED) is 0.850. The van der Waals surface area contributed by atoms with Crippen molar-refractivity contribution in [2.45, 2.75) is 19.3 Å². The topological polar surface area (TPSA) is 81.9 Å². The summed E-state index contributed by atoms with van der Waals surface area (Å²) in [7, 11) is 0. The van der Waals surface area contributed by atoms with Gasteiger partial charge in [-0.2, -0.15) is 5.26 Å². The van der Waals surface area contributed by atoms with Crippen LogP contribution in [0.2, 0.25) is 0 Å². The number of carbonyl (C=O) groups is 1. The molecule has 1 saturated heterocycles. The van der Waals surface area contributed by atoms with Crippen molar-refractivity contribution in [2.75, 3.05) is 25.0 Å². The molecule has 1 aromatic rings. The van der Waals surface area contributed by atoms with Gasteiger partial charge in [0.2, 0.25) is 5.91 Å². The molecule has 6 nitrogen and oxygen atoms in total. The number of nitriles is 1. The van der Waals surface area contributed by atoms with Gasteiger partial charge in [-0.15, -0.1) is 0 Å². The number of piperidine rings is 1. The molecule has 6 heteroatoms. The molecule has 94 valence electrons. The second-order valence-electron chi connectivity index (χ2n) is 4.16. The molecular weight excluding hydrogens is 230 g/mol. The Labute approximate surface area is 106 Å². The van der Waals surface area contributed by atoms with Crippen LogP contribution in [0, 0.1) is 11.3 Å². The standard InChI is InChI=1S/C12H15N5O/c13-8-10-12(15-5-4-14-10)16-9-11(18)17-6-2-1-3-7-17/h4-5H,1-3,6-7,9H2,(H,15,16). The van der Waals surface area contributed by atoms with Crippen molar-refractivity contribution < 1.29 is 4.79 Å².